The van der Waals surface area contributed by atoms with Crippen LogP contribution in [0.3, 0.4) is 0 Å². The summed E-state index contributed by atoms with van der Waals surface area (Å²) in [5.41, 5.74) is 3.81. The lowest BCUT2D eigenvalue weighted by molar-refractivity contribution is 0.554. The standard InChI is InChI=1S/C18H31N3O2S.HI/c1-7-19-17(21-13-18(4,5)24(6,22)23)20-9-8-16-11-14(2)10-15(3)12-16;/h10-12H,7-9,13H2,1-6H3,(H2,19,20,21);1H. The summed E-state index contributed by atoms with van der Waals surface area (Å²) in [7, 11) is -3.15. The molecule has 1 aromatic rings. The molecule has 0 aliphatic heterocycles. The van der Waals surface area contributed by atoms with Gasteiger partial charge in [-0.3, -0.25) is 4.99 Å². The molecule has 0 bridgehead atoms. The Morgan fingerprint density at radius 2 is 1.68 bits per heavy atom. The van der Waals surface area contributed by atoms with Gasteiger partial charge >= 0.3 is 0 Å². The molecule has 0 spiro atoms. The molecule has 1 aromatic carbocycles. The molecular formula is C18H32IN3O2S. The van der Waals surface area contributed by atoms with Gasteiger partial charge in [0.25, 0.3) is 0 Å². The second kappa shape index (κ2) is 10.4. The minimum absolute atomic E-state index is 0. The quantitative estimate of drug-likeness (QED) is 0.357. The number of halogens is 1. The molecule has 0 radical (unpaired) electrons. The monoisotopic (exact) mass is 481 g/mol. The summed E-state index contributed by atoms with van der Waals surface area (Å²) >= 11 is 0. The lowest BCUT2D eigenvalue weighted by Gasteiger charge is -2.21. The van der Waals surface area contributed by atoms with Gasteiger partial charge < -0.3 is 10.6 Å². The topological polar surface area (TPSA) is 70.6 Å². The minimum Gasteiger partial charge on any atom is -0.357 e. The Balaban J connectivity index is 0.00000576. The number of sulfone groups is 1. The van der Waals surface area contributed by atoms with E-state index in [1.165, 1.54) is 22.9 Å². The van der Waals surface area contributed by atoms with Crippen LogP contribution in [0.4, 0.5) is 0 Å². The Bertz CT molecular complexity index is 665. The van der Waals surface area contributed by atoms with Gasteiger partial charge in [-0.25, -0.2) is 8.42 Å². The fourth-order valence-electron chi connectivity index (χ4n) is 2.27. The number of guanidine groups is 1. The molecule has 5 nitrogen and oxygen atoms in total. The normalized spacial score (nSPS) is 12.5. The first kappa shape index (κ1) is 24.2. The van der Waals surface area contributed by atoms with Crippen LogP contribution in [0.25, 0.3) is 0 Å². The first-order chi connectivity index (χ1) is 11.0. The van der Waals surface area contributed by atoms with Crippen molar-refractivity contribution in [2.45, 2.75) is 45.8 Å². The van der Waals surface area contributed by atoms with Crippen molar-refractivity contribution in [3.8, 4) is 0 Å². The zero-order valence-electron chi connectivity index (χ0n) is 16.1. The van der Waals surface area contributed by atoms with Gasteiger partial charge in [0, 0.05) is 19.3 Å². The van der Waals surface area contributed by atoms with Crippen LogP contribution in [0.1, 0.15) is 37.5 Å². The molecule has 0 aromatic heterocycles. The fourth-order valence-corrected chi connectivity index (χ4v) is 2.57. The Kier molecular flexibility index (Phi) is 10.0. The van der Waals surface area contributed by atoms with Crippen molar-refractivity contribution in [2.24, 2.45) is 4.99 Å². The number of hydrogen-bond donors (Lipinski definition) is 2. The fraction of sp³-hybridized carbons (Fsp3) is 0.611. The third kappa shape index (κ3) is 8.40. The highest BCUT2D eigenvalue weighted by Gasteiger charge is 2.29. The Morgan fingerprint density at radius 1 is 1.12 bits per heavy atom. The van der Waals surface area contributed by atoms with E-state index in [9.17, 15) is 8.42 Å². The third-order valence-electron chi connectivity index (χ3n) is 3.95. The Hall–Kier alpha value is -0.830. The van der Waals surface area contributed by atoms with E-state index in [4.69, 9.17) is 0 Å². The summed E-state index contributed by atoms with van der Waals surface area (Å²) < 4.78 is 22.7. The molecule has 144 valence electrons. The zero-order chi connectivity index (χ0) is 18.4. The number of rotatable bonds is 7. The predicted octanol–water partition coefficient (Wildman–Crippen LogP) is 2.84. The Labute approximate surface area is 170 Å². The minimum atomic E-state index is -3.15. The molecule has 25 heavy (non-hydrogen) atoms. The van der Waals surface area contributed by atoms with E-state index in [0.29, 0.717) is 5.96 Å². The maximum absolute atomic E-state index is 11.8. The van der Waals surface area contributed by atoms with Crippen LogP contribution in [-0.4, -0.2) is 45.0 Å². The number of aliphatic imine (C=N–C) groups is 1. The van der Waals surface area contributed by atoms with Crippen LogP contribution in [-0.2, 0) is 16.3 Å². The maximum Gasteiger partial charge on any atom is 0.191 e. The highest BCUT2D eigenvalue weighted by molar-refractivity contribution is 14.0. The summed E-state index contributed by atoms with van der Waals surface area (Å²) in [6.07, 6.45) is 2.14. The van der Waals surface area contributed by atoms with Gasteiger partial charge in [-0.1, -0.05) is 29.3 Å². The maximum atomic E-state index is 11.8. The van der Waals surface area contributed by atoms with Gasteiger partial charge in [0.1, 0.15) is 0 Å². The highest BCUT2D eigenvalue weighted by atomic mass is 127. The molecule has 0 fully saturated rings. The number of benzene rings is 1. The summed E-state index contributed by atoms with van der Waals surface area (Å²) in [5.74, 6) is 0.651. The average Bonchev–Trinajstić information content (AvgIpc) is 2.42. The molecule has 0 aliphatic rings. The highest BCUT2D eigenvalue weighted by Crippen LogP contribution is 2.15. The van der Waals surface area contributed by atoms with Crippen molar-refractivity contribution in [3.63, 3.8) is 0 Å². The molecule has 0 saturated heterocycles. The molecule has 0 heterocycles. The van der Waals surface area contributed by atoms with Crippen LogP contribution < -0.4 is 10.6 Å². The van der Waals surface area contributed by atoms with E-state index in [1.807, 2.05) is 6.92 Å². The van der Waals surface area contributed by atoms with Gasteiger partial charge in [0.2, 0.25) is 0 Å². The van der Waals surface area contributed by atoms with Gasteiger partial charge in [0.15, 0.2) is 15.8 Å². The number of aryl methyl sites for hydroxylation is 2. The van der Waals surface area contributed by atoms with E-state index >= 15 is 0 Å². The molecule has 0 saturated carbocycles. The average molecular weight is 481 g/mol. The number of nitrogens with zero attached hydrogens (tertiary/aromatic N) is 1. The lowest BCUT2D eigenvalue weighted by atomic mass is 10.1. The van der Waals surface area contributed by atoms with E-state index in [0.717, 1.165) is 19.5 Å². The van der Waals surface area contributed by atoms with Crippen LogP contribution in [0.5, 0.6) is 0 Å². The Morgan fingerprint density at radius 3 is 2.16 bits per heavy atom. The van der Waals surface area contributed by atoms with Crippen LogP contribution in [0, 0.1) is 13.8 Å². The SMILES string of the molecule is CCNC(=NCC(C)(C)S(C)(=O)=O)NCCc1cc(C)cc(C)c1.I. The summed E-state index contributed by atoms with van der Waals surface area (Å²) in [5, 5.41) is 6.44. The third-order valence-corrected chi connectivity index (χ3v) is 6.09. The van der Waals surface area contributed by atoms with Crippen LogP contribution in [0.2, 0.25) is 0 Å². The van der Waals surface area contributed by atoms with Crippen molar-refractivity contribution in [2.75, 3.05) is 25.9 Å². The van der Waals surface area contributed by atoms with Crippen molar-refractivity contribution < 1.29 is 8.42 Å². The van der Waals surface area contributed by atoms with Crippen molar-refractivity contribution in [1.29, 1.82) is 0 Å². The first-order valence-corrected chi connectivity index (χ1v) is 10.2. The number of nitrogens with one attached hydrogen (secondary N) is 2. The summed E-state index contributed by atoms with van der Waals surface area (Å²) in [6.45, 7) is 11.3. The molecule has 2 N–H and O–H groups in total. The molecule has 7 heteroatoms. The van der Waals surface area contributed by atoms with E-state index in [-0.39, 0.29) is 30.5 Å². The molecule has 0 atom stereocenters. The first-order valence-electron chi connectivity index (χ1n) is 8.34. The summed E-state index contributed by atoms with van der Waals surface area (Å²) in [6, 6.07) is 6.53. The molecule has 0 aliphatic carbocycles. The van der Waals surface area contributed by atoms with Gasteiger partial charge in [-0.05, 0) is 46.6 Å². The van der Waals surface area contributed by atoms with Gasteiger partial charge in [0.05, 0.1) is 11.3 Å². The van der Waals surface area contributed by atoms with Crippen LogP contribution in [0.15, 0.2) is 23.2 Å². The van der Waals surface area contributed by atoms with E-state index in [2.05, 4.69) is 47.7 Å². The number of hydrogen-bond acceptors (Lipinski definition) is 3. The second-order valence-electron chi connectivity index (χ2n) is 6.90. The molecular weight excluding hydrogens is 449 g/mol. The second-order valence-corrected chi connectivity index (χ2v) is 9.55. The molecule has 0 unspecified atom stereocenters. The van der Waals surface area contributed by atoms with Gasteiger partial charge in [-0.2, -0.15) is 0 Å². The van der Waals surface area contributed by atoms with E-state index < -0.39 is 14.6 Å². The summed E-state index contributed by atoms with van der Waals surface area (Å²) in [4.78, 5) is 4.43. The van der Waals surface area contributed by atoms with E-state index in [1.54, 1.807) is 13.8 Å². The van der Waals surface area contributed by atoms with Crippen molar-refractivity contribution >= 4 is 39.8 Å². The largest absolute Gasteiger partial charge is 0.357 e. The van der Waals surface area contributed by atoms with Crippen molar-refractivity contribution in [3.05, 3.63) is 34.9 Å². The lowest BCUT2D eigenvalue weighted by Crippen LogP contribution is -2.41. The van der Waals surface area contributed by atoms with Gasteiger partial charge in [-0.15, -0.1) is 24.0 Å². The zero-order valence-corrected chi connectivity index (χ0v) is 19.3. The van der Waals surface area contributed by atoms with Crippen molar-refractivity contribution in [1.82, 2.24) is 10.6 Å². The van der Waals surface area contributed by atoms with Crippen LogP contribution >= 0.6 is 24.0 Å². The smallest absolute Gasteiger partial charge is 0.191 e. The molecule has 0 amide bonds. The molecule has 1 rings (SSSR count). The predicted molar refractivity (Wildman–Crippen MR) is 118 cm³/mol.